The zero-order valence-electron chi connectivity index (χ0n) is 9.08. The van der Waals surface area contributed by atoms with E-state index in [1.807, 2.05) is 0 Å². The van der Waals surface area contributed by atoms with Crippen LogP contribution < -0.4 is 5.32 Å². The quantitative estimate of drug-likeness (QED) is 0.802. The van der Waals surface area contributed by atoms with Crippen molar-refractivity contribution in [3.05, 3.63) is 29.3 Å². The first-order valence-electron chi connectivity index (χ1n) is 4.66. The molecule has 0 aromatic heterocycles. The molecule has 1 N–H and O–H groups in total. The molecule has 0 spiro atoms. The Bertz CT molecular complexity index is 435. The van der Waals surface area contributed by atoms with Crippen LogP contribution in [-0.4, -0.2) is 11.7 Å². The molecular weight excluding hydrogens is 226 g/mol. The highest BCUT2D eigenvalue weighted by Gasteiger charge is 2.19. The minimum atomic E-state index is -0.928. The highest BCUT2D eigenvalue weighted by atomic mass is 35.5. The molecule has 0 radical (unpaired) electrons. The van der Waals surface area contributed by atoms with Gasteiger partial charge in [-0.3, -0.25) is 5.32 Å². The molecule has 0 heterocycles. The fraction of sp³-hybridized carbons (Fsp3) is 0.250. The van der Waals surface area contributed by atoms with Crippen LogP contribution >= 0.6 is 11.6 Å². The van der Waals surface area contributed by atoms with E-state index in [-0.39, 0.29) is 0 Å². The van der Waals surface area contributed by atoms with Gasteiger partial charge in [0.25, 0.3) is 0 Å². The Balaban J connectivity index is 2.63. The highest BCUT2D eigenvalue weighted by Crippen LogP contribution is 2.16. The molecule has 0 aliphatic heterocycles. The summed E-state index contributed by atoms with van der Waals surface area (Å²) in [4.78, 5) is 11.4. The number of terminal acetylenes is 1. The Labute approximate surface area is 99.7 Å². The molecule has 0 unspecified atom stereocenters. The number of hydrogen-bond acceptors (Lipinski definition) is 2. The second kappa shape index (κ2) is 4.91. The molecule has 16 heavy (non-hydrogen) atoms. The number of ether oxygens (including phenoxy) is 1. The molecule has 0 saturated carbocycles. The first kappa shape index (κ1) is 12.4. The van der Waals surface area contributed by atoms with Crippen molar-refractivity contribution in [3.63, 3.8) is 0 Å². The van der Waals surface area contributed by atoms with Gasteiger partial charge in [0.2, 0.25) is 0 Å². The zero-order valence-corrected chi connectivity index (χ0v) is 9.84. The zero-order chi connectivity index (χ0) is 12.2. The Hall–Kier alpha value is -1.66. The van der Waals surface area contributed by atoms with E-state index in [1.165, 1.54) is 0 Å². The fourth-order valence-corrected chi connectivity index (χ4v) is 1.16. The summed E-state index contributed by atoms with van der Waals surface area (Å²) in [5.74, 6) is 2.36. The third-order valence-corrected chi connectivity index (χ3v) is 2.00. The number of hydrogen-bond donors (Lipinski definition) is 1. The number of carbonyl (C=O) groups excluding carboxylic acids is 1. The minimum absolute atomic E-state index is 0.536. The maximum Gasteiger partial charge on any atom is 0.413 e. The maximum absolute atomic E-state index is 11.4. The molecule has 0 atom stereocenters. The lowest BCUT2D eigenvalue weighted by atomic mass is 10.1. The summed E-state index contributed by atoms with van der Waals surface area (Å²) >= 11 is 5.76. The van der Waals surface area contributed by atoms with E-state index in [1.54, 1.807) is 38.1 Å². The van der Waals surface area contributed by atoms with Crippen molar-refractivity contribution in [2.45, 2.75) is 19.4 Å². The number of benzene rings is 1. The molecular formula is C12H12ClNO2. The molecule has 3 nitrogen and oxygen atoms in total. The van der Waals surface area contributed by atoms with Crippen LogP contribution in [0.2, 0.25) is 5.02 Å². The van der Waals surface area contributed by atoms with Crippen LogP contribution in [0.5, 0.6) is 0 Å². The lowest BCUT2D eigenvalue weighted by Crippen LogP contribution is -2.28. The SMILES string of the molecule is C#CC(C)(C)OC(=O)Nc1cccc(Cl)c1. The van der Waals surface area contributed by atoms with E-state index in [9.17, 15) is 4.79 Å². The van der Waals surface area contributed by atoms with E-state index in [4.69, 9.17) is 22.8 Å². The van der Waals surface area contributed by atoms with E-state index in [0.717, 1.165) is 0 Å². The largest absolute Gasteiger partial charge is 0.430 e. The first-order valence-corrected chi connectivity index (χ1v) is 5.04. The molecule has 0 saturated heterocycles. The van der Waals surface area contributed by atoms with E-state index in [2.05, 4.69) is 11.2 Å². The number of halogens is 1. The smallest absolute Gasteiger partial charge is 0.413 e. The van der Waals surface area contributed by atoms with Gasteiger partial charge in [0.15, 0.2) is 5.60 Å². The van der Waals surface area contributed by atoms with Gasteiger partial charge in [-0.05, 0) is 32.0 Å². The van der Waals surface area contributed by atoms with E-state index in [0.29, 0.717) is 10.7 Å². The van der Waals surface area contributed by atoms with Gasteiger partial charge in [0.05, 0.1) is 0 Å². The molecule has 0 aliphatic rings. The average Bonchev–Trinajstić information content (AvgIpc) is 2.16. The molecule has 0 aliphatic carbocycles. The third kappa shape index (κ3) is 3.84. The fourth-order valence-electron chi connectivity index (χ4n) is 0.971. The number of anilines is 1. The van der Waals surface area contributed by atoms with Crippen LogP contribution in [0.1, 0.15) is 13.8 Å². The van der Waals surface area contributed by atoms with Gasteiger partial charge in [-0.15, -0.1) is 6.42 Å². The Morgan fingerprint density at radius 2 is 2.25 bits per heavy atom. The number of amides is 1. The van der Waals surface area contributed by atoms with Crippen molar-refractivity contribution in [2.24, 2.45) is 0 Å². The molecule has 0 bridgehead atoms. The Morgan fingerprint density at radius 1 is 1.56 bits per heavy atom. The summed E-state index contributed by atoms with van der Waals surface area (Å²) in [7, 11) is 0. The van der Waals surface area contributed by atoms with Gasteiger partial charge in [0, 0.05) is 10.7 Å². The second-order valence-electron chi connectivity index (χ2n) is 3.68. The summed E-state index contributed by atoms with van der Waals surface area (Å²) in [6.07, 6.45) is 4.59. The predicted molar refractivity (Wildman–Crippen MR) is 64.5 cm³/mol. The molecule has 1 amide bonds. The number of rotatable bonds is 2. The van der Waals surface area contributed by atoms with Gasteiger partial charge < -0.3 is 4.74 Å². The predicted octanol–water partition coefficient (Wildman–Crippen LogP) is 3.30. The summed E-state index contributed by atoms with van der Waals surface area (Å²) in [6, 6.07) is 6.76. The summed E-state index contributed by atoms with van der Waals surface area (Å²) in [5, 5.41) is 3.07. The topological polar surface area (TPSA) is 38.3 Å². The van der Waals surface area contributed by atoms with Gasteiger partial charge in [-0.2, -0.15) is 0 Å². The second-order valence-corrected chi connectivity index (χ2v) is 4.12. The van der Waals surface area contributed by atoms with Crippen LogP contribution in [0.25, 0.3) is 0 Å². The molecule has 4 heteroatoms. The molecule has 1 rings (SSSR count). The van der Waals surface area contributed by atoms with Gasteiger partial charge in [0.1, 0.15) is 0 Å². The highest BCUT2D eigenvalue weighted by molar-refractivity contribution is 6.30. The summed E-state index contributed by atoms with van der Waals surface area (Å²) in [6.45, 7) is 3.26. The molecule has 1 aromatic carbocycles. The van der Waals surface area contributed by atoms with Crippen LogP contribution in [-0.2, 0) is 4.74 Å². The first-order chi connectivity index (χ1) is 7.43. The van der Waals surface area contributed by atoms with Crippen molar-refractivity contribution in [3.8, 4) is 12.3 Å². The van der Waals surface area contributed by atoms with Crippen LogP contribution in [0.15, 0.2) is 24.3 Å². The van der Waals surface area contributed by atoms with E-state index >= 15 is 0 Å². The normalized spacial score (nSPS) is 10.4. The Kier molecular flexibility index (Phi) is 3.81. The Morgan fingerprint density at radius 3 is 2.81 bits per heavy atom. The van der Waals surface area contributed by atoms with Crippen LogP contribution in [0, 0.1) is 12.3 Å². The van der Waals surface area contributed by atoms with E-state index < -0.39 is 11.7 Å². The van der Waals surface area contributed by atoms with Gasteiger partial charge in [-0.1, -0.05) is 23.6 Å². The average molecular weight is 238 g/mol. The van der Waals surface area contributed by atoms with Crippen LogP contribution in [0.4, 0.5) is 10.5 Å². The molecule has 1 aromatic rings. The van der Waals surface area contributed by atoms with Crippen molar-refractivity contribution < 1.29 is 9.53 Å². The van der Waals surface area contributed by atoms with Crippen molar-refractivity contribution in [2.75, 3.05) is 5.32 Å². The van der Waals surface area contributed by atoms with Crippen molar-refractivity contribution in [1.82, 2.24) is 0 Å². The maximum atomic E-state index is 11.4. The van der Waals surface area contributed by atoms with Gasteiger partial charge in [-0.25, -0.2) is 4.79 Å². The number of nitrogens with one attached hydrogen (secondary N) is 1. The van der Waals surface area contributed by atoms with Gasteiger partial charge >= 0.3 is 6.09 Å². The monoisotopic (exact) mass is 237 g/mol. The lowest BCUT2D eigenvalue weighted by molar-refractivity contribution is 0.0906. The minimum Gasteiger partial charge on any atom is -0.430 e. The third-order valence-electron chi connectivity index (χ3n) is 1.77. The summed E-state index contributed by atoms with van der Waals surface area (Å²) < 4.78 is 5.00. The number of carbonyl (C=O) groups is 1. The molecule has 0 fully saturated rings. The van der Waals surface area contributed by atoms with Crippen LogP contribution in [0.3, 0.4) is 0 Å². The van der Waals surface area contributed by atoms with Crippen molar-refractivity contribution in [1.29, 1.82) is 0 Å². The summed E-state index contributed by atoms with van der Waals surface area (Å²) in [5.41, 5.74) is -0.367. The standard InChI is InChI=1S/C12H12ClNO2/c1-4-12(2,3)16-11(15)14-10-7-5-6-9(13)8-10/h1,5-8H,2-3H3,(H,14,15). The molecule has 84 valence electrons. The lowest BCUT2D eigenvalue weighted by Gasteiger charge is -2.18. The van der Waals surface area contributed by atoms with Crippen molar-refractivity contribution >= 4 is 23.4 Å².